The van der Waals surface area contributed by atoms with Gasteiger partial charge in [-0.05, 0) is 38.5 Å². The van der Waals surface area contributed by atoms with E-state index in [2.05, 4.69) is 31.0 Å². The topological polar surface area (TPSA) is 77.4 Å². The van der Waals surface area contributed by atoms with E-state index < -0.39 is 0 Å². The molecule has 0 spiro atoms. The van der Waals surface area contributed by atoms with Gasteiger partial charge in [-0.2, -0.15) is 0 Å². The number of aliphatic hydroxyl groups is 1. The summed E-state index contributed by atoms with van der Waals surface area (Å²) in [5.74, 6) is 0.898. The van der Waals surface area contributed by atoms with Crippen LogP contribution in [0, 0.1) is 5.41 Å². The van der Waals surface area contributed by atoms with Gasteiger partial charge in [-0.25, -0.2) is 4.79 Å². The summed E-state index contributed by atoms with van der Waals surface area (Å²) in [6.45, 7) is 13.1. The van der Waals surface area contributed by atoms with Crippen molar-refractivity contribution in [2.45, 2.75) is 47.0 Å². The van der Waals surface area contributed by atoms with Gasteiger partial charge >= 0.3 is 6.09 Å². The number of amides is 1. The van der Waals surface area contributed by atoms with Gasteiger partial charge in [0.15, 0.2) is 5.96 Å². The van der Waals surface area contributed by atoms with E-state index in [1.807, 2.05) is 6.92 Å². The highest BCUT2D eigenvalue weighted by Crippen LogP contribution is 2.30. The second-order valence-electron chi connectivity index (χ2n) is 6.52. The van der Waals surface area contributed by atoms with Gasteiger partial charge in [0.1, 0.15) is 0 Å². The predicted molar refractivity (Wildman–Crippen MR) is 101 cm³/mol. The third kappa shape index (κ3) is 6.38. The molecule has 0 aliphatic carbocycles. The average Bonchev–Trinajstić information content (AvgIpc) is 2.64. The molecule has 146 valence electrons. The number of aliphatic hydroxyl groups excluding tert-OH is 1. The first-order valence-electron chi connectivity index (χ1n) is 9.61. The maximum Gasteiger partial charge on any atom is 0.409 e. The number of ether oxygens (including phenoxy) is 1. The highest BCUT2D eigenvalue weighted by Gasteiger charge is 2.27. The highest BCUT2D eigenvalue weighted by molar-refractivity contribution is 5.80. The molecule has 0 saturated carbocycles. The molecule has 7 nitrogen and oxygen atoms in total. The van der Waals surface area contributed by atoms with Crippen molar-refractivity contribution in [1.82, 2.24) is 15.1 Å². The zero-order valence-electron chi connectivity index (χ0n) is 16.4. The fourth-order valence-corrected chi connectivity index (χ4v) is 3.13. The van der Waals surface area contributed by atoms with E-state index in [0.717, 1.165) is 44.9 Å². The fourth-order valence-electron chi connectivity index (χ4n) is 3.13. The number of piperazine rings is 1. The molecule has 1 fully saturated rings. The van der Waals surface area contributed by atoms with Crippen LogP contribution in [0.3, 0.4) is 0 Å². The zero-order valence-corrected chi connectivity index (χ0v) is 16.4. The van der Waals surface area contributed by atoms with Crippen LogP contribution in [0.15, 0.2) is 4.99 Å². The molecule has 0 radical (unpaired) electrons. The standard InChI is InChI=1S/C18H36N4O3/c1-5-18(6-2,9-14-23)15-20-16(19-7-3)21-10-12-22(13-11-21)17(24)25-8-4/h23H,5-15H2,1-4H3,(H,19,20). The van der Waals surface area contributed by atoms with Crippen LogP contribution < -0.4 is 5.32 Å². The Bertz CT molecular complexity index is 417. The first kappa shape index (κ1) is 21.5. The van der Waals surface area contributed by atoms with Gasteiger partial charge in [-0.15, -0.1) is 0 Å². The quantitative estimate of drug-likeness (QED) is 0.513. The molecule has 0 bridgehead atoms. The molecule has 0 aromatic rings. The van der Waals surface area contributed by atoms with Crippen molar-refractivity contribution in [3.8, 4) is 0 Å². The molecule has 7 heteroatoms. The summed E-state index contributed by atoms with van der Waals surface area (Å²) in [5.41, 5.74) is 0.0577. The Kier molecular flexibility index (Phi) is 9.63. The number of nitrogens with one attached hydrogen (secondary N) is 1. The van der Waals surface area contributed by atoms with E-state index in [9.17, 15) is 9.90 Å². The number of hydrogen-bond donors (Lipinski definition) is 2. The number of nitrogens with zero attached hydrogens (tertiary/aromatic N) is 3. The van der Waals surface area contributed by atoms with Crippen LogP contribution >= 0.6 is 0 Å². The van der Waals surface area contributed by atoms with Gasteiger partial charge in [0.25, 0.3) is 0 Å². The van der Waals surface area contributed by atoms with Crippen molar-refractivity contribution in [1.29, 1.82) is 0 Å². The summed E-state index contributed by atoms with van der Waals surface area (Å²) in [6, 6.07) is 0. The Balaban J connectivity index is 2.72. The maximum absolute atomic E-state index is 11.8. The van der Waals surface area contributed by atoms with Crippen molar-refractivity contribution in [2.24, 2.45) is 10.4 Å². The third-order valence-corrected chi connectivity index (χ3v) is 5.15. The lowest BCUT2D eigenvalue weighted by molar-refractivity contribution is 0.0913. The van der Waals surface area contributed by atoms with Gasteiger partial charge in [0.2, 0.25) is 0 Å². The van der Waals surface area contributed by atoms with Crippen LogP contribution in [0.5, 0.6) is 0 Å². The second-order valence-corrected chi connectivity index (χ2v) is 6.52. The van der Waals surface area contributed by atoms with E-state index >= 15 is 0 Å². The largest absolute Gasteiger partial charge is 0.450 e. The Morgan fingerprint density at radius 3 is 2.20 bits per heavy atom. The zero-order chi connectivity index (χ0) is 18.7. The molecule has 1 aliphatic rings. The van der Waals surface area contributed by atoms with E-state index in [-0.39, 0.29) is 18.1 Å². The summed E-state index contributed by atoms with van der Waals surface area (Å²) in [4.78, 5) is 20.6. The number of carbonyl (C=O) groups excluding carboxylic acids is 1. The summed E-state index contributed by atoms with van der Waals surface area (Å²) in [7, 11) is 0. The highest BCUT2D eigenvalue weighted by atomic mass is 16.6. The van der Waals surface area contributed by atoms with E-state index in [4.69, 9.17) is 9.73 Å². The van der Waals surface area contributed by atoms with Gasteiger partial charge in [-0.3, -0.25) is 4.99 Å². The summed E-state index contributed by atoms with van der Waals surface area (Å²) >= 11 is 0. The van der Waals surface area contributed by atoms with Crippen molar-refractivity contribution in [3.05, 3.63) is 0 Å². The lowest BCUT2D eigenvalue weighted by Gasteiger charge is -2.36. The molecular weight excluding hydrogens is 320 g/mol. The summed E-state index contributed by atoms with van der Waals surface area (Å²) < 4.78 is 5.07. The summed E-state index contributed by atoms with van der Waals surface area (Å²) in [6.07, 6.45) is 2.55. The van der Waals surface area contributed by atoms with Gasteiger partial charge in [0.05, 0.1) is 6.61 Å². The molecule has 0 aromatic carbocycles. The third-order valence-electron chi connectivity index (χ3n) is 5.15. The number of rotatable bonds is 8. The first-order chi connectivity index (χ1) is 12.1. The average molecular weight is 357 g/mol. The minimum Gasteiger partial charge on any atom is -0.450 e. The van der Waals surface area contributed by atoms with Crippen LogP contribution in [0.4, 0.5) is 4.79 Å². The number of carbonyl (C=O) groups is 1. The monoisotopic (exact) mass is 356 g/mol. The summed E-state index contributed by atoms with van der Waals surface area (Å²) in [5, 5.41) is 12.7. The molecule has 1 rings (SSSR count). The van der Waals surface area contributed by atoms with Crippen LogP contribution in [0.2, 0.25) is 0 Å². The molecule has 0 aromatic heterocycles. The van der Waals surface area contributed by atoms with Crippen LogP contribution in [0.1, 0.15) is 47.0 Å². The molecule has 2 N–H and O–H groups in total. The van der Waals surface area contributed by atoms with Gasteiger partial charge < -0.3 is 25.0 Å². The van der Waals surface area contributed by atoms with Crippen molar-refractivity contribution in [3.63, 3.8) is 0 Å². The first-order valence-corrected chi connectivity index (χ1v) is 9.61. The molecule has 1 heterocycles. The molecular formula is C18H36N4O3. The van der Waals surface area contributed by atoms with Crippen LogP contribution in [-0.4, -0.2) is 79.4 Å². The second kappa shape index (κ2) is 11.2. The maximum atomic E-state index is 11.8. The predicted octanol–water partition coefficient (Wildman–Crippen LogP) is 1.91. The fraction of sp³-hybridized carbons (Fsp3) is 0.889. The number of hydrogen-bond acceptors (Lipinski definition) is 4. The molecule has 25 heavy (non-hydrogen) atoms. The lowest BCUT2D eigenvalue weighted by Crippen LogP contribution is -2.54. The minimum absolute atomic E-state index is 0.0577. The molecule has 0 atom stereocenters. The van der Waals surface area contributed by atoms with Gasteiger partial charge in [0, 0.05) is 45.9 Å². The Morgan fingerprint density at radius 1 is 1.12 bits per heavy atom. The van der Waals surface area contributed by atoms with Crippen LogP contribution in [0.25, 0.3) is 0 Å². The Morgan fingerprint density at radius 2 is 1.72 bits per heavy atom. The smallest absolute Gasteiger partial charge is 0.409 e. The van der Waals surface area contributed by atoms with E-state index in [0.29, 0.717) is 26.2 Å². The van der Waals surface area contributed by atoms with Crippen molar-refractivity contribution >= 4 is 12.1 Å². The molecule has 1 amide bonds. The van der Waals surface area contributed by atoms with Gasteiger partial charge in [-0.1, -0.05) is 13.8 Å². The van der Waals surface area contributed by atoms with Crippen molar-refractivity contribution in [2.75, 3.05) is 52.5 Å². The molecule has 1 aliphatic heterocycles. The van der Waals surface area contributed by atoms with Crippen LogP contribution in [-0.2, 0) is 4.74 Å². The Labute approximate surface area is 152 Å². The van der Waals surface area contributed by atoms with E-state index in [1.165, 1.54) is 0 Å². The lowest BCUT2D eigenvalue weighted by atomic mass is 9.79. The minimum atomic E-state index is -0.233. The van der Waals surface area contributed by atoms with Crippen molar-refractivity contribution < 1.29 is 14.6 Å². The molecule has 0 unspecified atom stereocenters. The Hall–Kier alpha value is -1.50. The number of aliphatic imine (C=N–C) groups is 1. The normalized spacial score (nSPS) is 16.1. The SMILES string of the molecule is CCNC(=NCC(CC)(CC)CCO)N1CCN(C(=O)OCC)CC1. The number of guanidine groups is 1. The van der Waals surface area contributed by atoms with E-state index in [1.54, 1.807) is 4.90 Å². The molecule has 1 saturated heterocycles.